The molecule has 0 saturated heterocycles. The second-order valence-corrected chi connectivity index (χ2v) is 4.27. The summed E-state index contributed by atoms with van der Waals surface area (Å²) in [6.45, 7) is 1.41. The number of nitrogens with one attached hydrogen (secondary N) is 2. The van der Waals surface area contributed by atoms with Gasteiger partial charge in [-0.2, -0.15) is 0 Å². The summed E-state index contributed by atoms with van der Waals surface area (Å²) in [5.74, 6) is 0.389. The molecule has 1 heterocycles. The number of aromatic nitrogens is 1. The van der Waals surface area contributed by atoms with Crippen molar-refractivity contribution in [3.63, 3.8) is 0 Å². The number of methoxy groups -OCH3 is 1. The predicted molar refractivity (Wildman–Crippen MR) is 79.5 cm³/mol. The zero-order valence-corrected chi connectivity index (χ0v) is 11.7. The van der Waals surface area contributed by atoms with Gasteiger partial charge in [-0.05, 0) is 24.3 Å². The largest absolute Gasteiger partial charge is 0.496 e. The van der Waals surface area contributed by atoms with Gasteiger partial charge in [0.2, 0.25) is 5.91 Å². The lowest BCUT2D eigenvalue weighted by molar-refractivity contribution is -0.114. The van der Waals surface area contributed by atoms with Gasteiger partial charge in [0.05, 0.1) is 24.6 Å². The van der Waals surface area contributed by atoms with Gasteiger partial charge in [-0.3, -0.25) is 9.59 Å². The molecule has 1 aromatic heterocycles. The second-order valence-electron chi connectivity index (χ2n) is 4.27. The maximum Gasteiger partial charge on any atom is 0.260 e. The zero-order chi connectivity index (χ0) is 15.2. The van der Waals surface area contributed by atoms with Gasteiger partial charge >= 0.3 is 0 Å². The third kappa shape index (κ3) is 3.79. The number of rotatable bonds is 4. The average molecular weight is 285 g/mol. The lowest BCUT2D eigenvalue weighted by atomic mass is 10.2. The van der Waals surface area contributed by atoms with Crippen LogP contribution in [0.1, 0.15) is 17.3 Å². The third-order valence-corrected chi connectivity index (χ3v) is 2.68. The lowest BCUT2D eigenvalue weighted by Gasteiger charge is -2.09. The van der Waals surface area contributed by atoms with Crippen molar-refractivity contribution in [1.29, 1.82) is 0 Å². The number of hydrogen-bond acceptors (Lipinski definition) is 4. The van der Waals surface area contributed by atoms with Crippen LogP contribution in [0.3, 0.4) is 0 Å². The Morgan fingerprint density at radius 3 is 2.48 bits per heavy atom. The number of ether oxygens (including phenoxy) is 1. The SMILES string of the molecule is COc1ccccc1C(=O)Nc1ccc(NC(C)=O)cn1. The average Bonchev–Trinajstić information content (AvgIpc) is 2.48. The second kappa shape index (κ2) is 6.51. The van der Waals surface area contributed by atoms with Gasteiger partial charge < -0.3 is 15.4 Å². The maximum atomic E-state index is 12.2. The number of hydrogen-bond donors (Lipinski definition) is 2. The fourth-order valence-electron chi connectivity index (χ4n) is 1.76. The first-order chi connectivity index (χ1) is 10.1. The number of carbonyl (C=O) groups is 2. The van der Waals surface area contributed by atoms with E-state index in [2.05, 4.69) is 15.6 Å². The molecule has 2 amide bonds. The minimum atomic E-state index is -0.313. The van der Waals surface area contributed by atoms with Crippen molar-refractivity contribution < 1.29 is 14.3 Å². The number of amides is 2. The highest BCUT2D eigenvalue weighted by molar-refractivity contribution is 6.05. The Bertz CT molecular complexity index is 653. The van der Waals surface area contributed by atoms with E-state index in [0.29, 0.717) is 22.8 Å². The third-order valence-electron chi connectivity index (χ3n) is 2.68. The molecule has 2 aromatic rings. The Morgan fingerprint density at radius 2 is 1.86 bits per heavy atom. The minimum Gasteiger partial charge on any atom is -0.496 e. The summed E-state index contributed by atoms with van der Waals surface area (Å²) < 4.78 is 5.14. The summed E-state index contributed by atoms with van der Waals surface area (Å²) >= 11 is 0. The molecule has 0 atom stereocenters. The number of anilines is 2. The monoisotopic (exact) mass is 285 g/mol. The van der Waals surface area contributed by atoms with Crippen LogP contribution in [0.4, 0.5) is 11.5 Å². The zero-order valence-electron chi connectivity index (χ0n) is 11.7. The highest BCUT2D eigenvalue weighted by atomic mass is 16.5. The van der Waals surface area contributed by atoms with E-state index in [1.54, 1.807) is 36.4 Å². The Labute approximate surface area is 122 Å². The highest BCUT2D eigenvalue weighted by Gasteiger charge is 2.12. The van der Waals surface area contributed by atoms with E-state index in [1.807, 2.05) is 0 Å². The van der Waals surface area contributed by atoms with Crippen LogP contribution in [-0.2, 0) is 4.79 Å². The molecule has 0 aliphatic rings. The van der Waals surface area contributed by atoms with E-state index in [9.17, 15) is 9.59 Å². The van der Waals surface area contributed by atoms with Crippen LogP contribution in [0, 0.1) is 0 Å². The summed E-state index contributed by atoms with van der Waals surface area (Å²) in [6.07, 6.45) is 1.47. The van der Waals surface area contributed by atoms with Crippen molar-refractivity contribution in [3.05, 3.63) is 48.2 Å². The van der Waals surface area contributed by atoms with Crippen molar-refractivity contribution in [2.75, 3.05) is 17.7 Å². The van der Waals surface area contributed by atoms with E-state index in [-0.39, 0.29) is 11.8 Å². The molecule has 6 heteroatoms. The van der Waals surface area contributed by atoms with Crippen LogP contribution in [0.2, 0.25) is 0 Å². The number of pyridine rings is 1. The molecular weight excluding hydrogens is 270 g/mol. The smallest absolute Gasteiger partial charge is 0.260 e. The summed E-state index contributed by atoms with van der Waals surface area (Å²) in [5.41, 5.74) is 0.991. The van der Waals surface area contributed by atoms with Gasteiger partial charge in [0.1, 0.15) is 11.6 Å². The van der Waals surface area contributed by atoms with Gasteiger partial charge in [0.25, 0.3) is 5.91 Å². The molecule has 0 saturated carbocycles. The molecule has 2 rings (SSSR count). The number of nitrogens with zero attached hydrogens (tertiary/aromatic N) is 1. The Morgan fingerprint density at radius 1 is 1.10 bits per heavy atom. The molecule has 1 aromatic carbocycles. The predicted octanol–water partition coefficient (Wildman–Crippen LogP) is 2.30. The number of carbonyl (C=O) groups excluding carboxylic acids is 2. The topological polar surface area (TPSA) is 80.3 Å². The van der Waals surface area contributed by atoms with Crippen molar-refractivity contribution in [3.8, 4) is 5.75 Å². The van der Waals surface area contributed by atoms with Gasteiger partial charge in [0.15, 0.2) is 0 Å². The van der Waals surface area contributed by atoms with Gasteiger partial charge in [-0.25, -0.2) is 4.98 Å². The molecule has 0 bridgehead atoms. The molecule has 0 radical (unpaired) electrons. The van der Waals surface area contributed by atoms with E-state index in [0.717, 1.165) is 0 Å². The van der Waals surface area contributed by atoms with Crippen LogP contribution in [0.5, 0.6) is 5.75 Å². The number of benzene rings is 1. The van der Waals surface area contributed by atoms with Crippen LogP contribution in [-0.4, -0.2) is 23.9 Å². The van der Waals surface area contributed by atoms with Gasteiger partial charge in [-0.15, -0.1) is 0 Å². The van der Waals surface area contributed by atoms with Crippen molar-refractivity contribution in [1.82, 2.24) is 4.98 Å². The molecule has 2 N–H and O–H groups in total. The van der Waals surface area contributed by atoms with Crippen LogP contribution < -0.4 is 15.4 Å². The Kier molecular flexibility index (Phi) is 4.50. The normalized spacial score (nSPS) is 9.81. The van der Waals surface area contributed by atoms with E-state index in [1.165, 1.54) is 20.2 Å². The van der Waals surface area contributed by atoms with Crippen molar-refractivity contribution in [2.45, 2.75) is 6.92 Å². The van der Waals surface area contributed by atoms with Crippen molar-refractivity contribution >= 4 is 23.3 Å². The van der Waals surface area contributed by atoms with E-state index < -0.39 is 0 Å². The summed E-state index contributed by atoms with van der Waals surface area (Å²) in [6, 6.07) is 10.2. The molecule has 0 aliphatic carbocycles. The number of para-hydroxylation sites is 1. The van der Waals surface area contributed by atoms with Crippen molar-refractivity contribution in [2.24, 2.45) is 0 Å². The Balaban J connectivity index is 2.10. The molecule has 6 nitrogen and oxygen atoms in total. The molecule has 0 aliphatic heterocycles. The van der Waals surface area contributed by atoms with E-state index >= 15 is 0 Å². The van der Waals surface area contributed by atoms with Crippen LogP contribution in [0.15, 0.2) is 42.6 Å². The first-order valence-electron chi connectivity index (χ1n) is 6.28. The standard InChI is InChI=1S/C15H15N3O3/c1-10(19)17-11-7-8-14(16-9-11)18-15(20)12-5-3-4-6-13(12)21-2/h3-9H,1-2H3,(H,17,19)(H,16,18,20). The Hall–Kier alpha value is -2.89. The first-order valence-corrected chi connectivity index (χ1v) is 6.28. The van der Waals surface area contributed by atoms with Gasteiger partial charge in [-0.1, -0.05) is 12.1 Å². The molecule has 21 heavy (non-hydrogen) atoms. The maximum absolute atomic E-state index is 12.2. The van der Waals surface area contributed by atoms with E-state index in [4.69, 9.17) is 4.74 Å². The molecule has 0 unspecified atom stereocenters. The summed E-state index contributed by atoms with van der Waals surface area (Å²) in [7, 11) is 1.51. The summed E-state index contributed by atoms with van der Waals surface area (Å²) in [5, 5.41) is 5.27. The van der Waals surface area contributed by atoms with Crippen LogP contribution >= 0.6 is 0 Å². The summed E-state index contributed by atoms with van der Waals surface area (Å²) in [4.78, 5) is 27.1. The molecule has 0 fully saturated rings. The fourth-order valence-corrected chi connectivity index (χ4v) is 1.76. The first kappa shape index (κ1) is 14.5. The quantitative estimate of drug-likeness (QED) is 0.903. The highest BCUT2D eigenvalue weighted by Crippen LogP contribution is 2.19. The van der Waals surface area contributed by atoms with Gasteiger partial charge in [0, 0.05) is 6.92 Å². The molecule has 108 valence electrons. The molecule has 0 spiro atoms. The lowest BCUT2D eigenvalue weighted by Crippen LogP contribution is -2.14. The minimum absolute atomic E-state index is 0.178. The molecular formula is C15H15N3O3. The fraction of sp³-hybridized carbons (Fsp3) is 0.133. The van der Waals surface area contributed by atoms with Crippen LogP contribution in [0.25, 0.3) is 0 Å².